The average Bonchev–Trinajstić information content (AvgIpc) is 3.18. The second-order valence-electron chi connectivity index (χ2n) is 12.9. The van der Waals surface area contributed by atoms with E-state index in [4.69, 9.17) is 23.7 Å². The molecular formula is C35H46O10. The Balaban J connectivity index is 2.32. The lowest BCUT2D eigenvalue weighted by Crippen LogP contribution is -2.55. The zero-order valence-electron chi connectivity index (χ0n) is 27.7. The zero-order chi connectivity index (χ0) is 33.7. The van der Waals surface area contributed by atoms with Crippen molar-refractivity contribution in [3.05, 3.63) is 59.7 Å². The number of hydrogen-bond donors (Lipinski definition) is 0. The van der Waals surface area contributed by atoms with E-state index in [2.05, 4.69) is 0 Å². The number of ether oxygens (including phenoxy) is 5. The Hall–Kier alpha value is -3.95. The molecule has 0 spiro atoms. The number of benzene rings is 1. The first kappa shape index (κ1) is 35.5. The molecule has 2 aliphatic carbocycles. The van der Waals surface area contributed by atoms with Gasteiger partial charge >= 0.3 is 29.8 Å². The maximum absolute atomic E-state index is 13.4. The van der Waals surface area contributed by atoms with Crippen LogP contribution >= 0.6 is 0 Å². The Morgan fingerprint density at radius 3 is 1.96 bits per heavy atom. The van der Waals surface area contributed by atoms with E-state index in [0.717, 1.165) is 0 Å². The van der Waals surface area contributed by atoms with E-state index in [9.17, 15) is 24.0 Å². The quantitative estimate of drug-likeness (QED) is 0.225. The molecule has 1 fully saturated rings. The van der Waals surface area contributed by atoms with Crippen LogP contribution < -0.4 is 0 Å². The van der Waals surface area contributed by atoms with Crippen LogP contribution in [0.4, 0.5) is 0 Å². The van der Waals surface area contributed by atoms with Crippen LogP contribution in [0.3, 0.4) is 0 Å². The van der Waals surface area contributed by atoms with Crippen LogP contribution in [0.5, 0.6) is 0 Å². The van der Waals surface area contributed by atoms with Gasteiger partial charge in [0.15, 0.2) is 5.60 Å². The topological polar surface area (TPSA) is 132 Å². The number of hydrogen-bond acceptors (Lipinski definition) is 10. The van der Waals surface area contributed by atoms with Crippen LogP contribution in [0, 0.1) is 23.2 Å². The lowest BCUT2D eigenvalue weighted by Gasteiger charge is -2.43. The Morgan fingerprint density at radius 2 is 1.40 bits per heavy atom. The Kier molecular flexibility index (Phi) is 11.4. The lowest BCUT2D eigenvalue weighted by atomic mass is 9.75. The molecule has 0 saturated heterocycles. The van der Waals surface area contributed by atoms with Gasteiger partial charge in [-0.05, 0) is 37.0 Å². The number of rotatable bonds is 6. The first-order valence-electron chi connectivity index (χ1n) is 15.3. The van der Waals surface area contributed by atoms with Crippen LogP contribution in [0.25, 0.3) is 0 Å². The predicted octanol–water partition coefficient (Wildman–Crippen LogP) is 5.53. The third-order valence-electron chi connectivity index (χ3n) is 8.61. The molecule has 0 radical (unpaired) electrons. The van der Waals surface area contributed by atoms with Crippen molar-refractivity contribution in [1.29, 1.82) is 0 Å². The highest BCUT2D eigenvalue weighted by Gasteiger charge is 2.62. The van der Waals surface area contributed by atoms with E-state index >= 15 is 0 Å². The average molecular weight is 627 g/mol. The molecule has 2 aliphatic rings. The van der Waals surface area contributed by atoms with Crippen LogP contribution in [-0.4, -0.2) is 59.9 Å². The van der Waals surface area contributed by atoms with E-state index in [0.29, 0.717) is 11.1 Å². The molecule has 246 valence electrons. The first-order chi connectivity index (χ1) is 21.0. The molecule has 45 heavy (non-hydrogen) atoms. The molecule has 0 amide bonds. The summed E-state index contributed by atoms with van der Waals surface area (Å²) < 4.78 is 29.9. The minimum Gasteiger partial charge on any atom is -0.461 e. The number of carbonyl (C=O) groups is 5. The molecule has 8 atom stereocenters. The number of fused-ring (bicyclic) bond motifs is 1. The summed E-state index contributed by atoms with van der Waals surface area (Å²) in [5, 5.41) is 0. The minimum absolute atomic E-state index is 0.137. The lowest BCUT2D eigenvalue weighted by molar-refractivity contribution is -0.195. The van der Waals surface area contributed by atoms with Gasteiger partial charge in [0, 0.05) is 45.4 Å². The summed E-state index contributed by atoms with van der Waals surface area (Å²) in [6.45, 7) is 14.5. The van der Waals surface area contributed by atoms with Crippen LogP contribution in [0.2, 0.25) is 0 Å². The number of carbonyl (C=O) groups excluding carboxylic acids is 5. The monoisotopic (exact) mass is 626 g/mol. The van der Waals surface area contributed by atoms with Crippen molar-refractivity contribution < 1.29 is 47.7 Å². The molecule has 3 rings (SSSR count). The largest absolute Gasteiger partial charge is 0.461 e. The molecule has 10 nitrogen and oxygen atoms in total. The molecule has 10 heteroatoms. The summed E-state index contributed by atoms with van der Waals surface area (Å²) >= 11 is 0. The van der Waals surface area contributed by atoms with Crippen molar-refractivity contribution in [2.24, 2.45) is 23.2 Å². The maximum Gasteiger partial charge on any atom is 0.338 e. The summed E-state index contributed by atoms with van der Waals surface area (Å²) in [6.07, 6.45) is 2.48. The molecule has 1 aromatic carbocycles. The van der Waals surface area contributed by atoms with Crippen molar-refractivity contribution in [1.82, 2.24) is 0 Å². The fraction of sp³-hybridized carbons (Fsp3) is 0.571. The Labute approximate surface area is 265 Å². The normalized spacial score (nSPS) is 31.1. The van der Waals surface area contributed by atoms with Crippen LogP contribution in [0.1, 0.15) is 85.5 Å². The molecule has 0 N–H and O–H groups in total. The van der Waals surface area contributed by atoms with Crippen LogP contribution in [0.15, 0.2) is 54.1 Å². The smallest absolute Gasteiger partial charge is 0.338 e. The highest BCUT2D eigenvalue weighted by atomic mass is 16.6. The van der Waals surface area contributed by atoms with Crippen molar-refractivity contribution in [2.75, 3.05) is 0 Å². The van der Waals surface area contributed by atoms with E-state index < -0.39 is 77.1 Å². The molecule has 1 aromatic rings. The second kappa shape index (κ2) is 14.4. The highest BCUT2D eigenvalue weighted by Crippen LogP contribution is 2.51. The summed E-state index contributed by atoms with van der Waals surface area (Å²) in [5.74, 6) is -4.43. The van der Waals surface area contributed by atoms with Crippen molar-refractivity contribution in [3.8, 4) is 0 Å². The molecule has 0 bridgehead atoms. The minimum atomic E-state index is -1.46. The number of esters is 5. The SMILES string of the molecule is CC(=O)OC1CC(OC(C)=O)C(C)(C)C=CC(C)C(OC(C)=O)C2(OC(C)=O)CC(C)C(OC(=O)c3ccccc3)C2C=C1C. The fourth-order valence-electron chi connectivity index (χ4n) is 6.58. The van der Waals surface area contributed by atoms with E-state index in [1.54, 1.807) is 43.3 Å². The molecular weight excluding hydrogens is 580 g/mol. The summed E-state index contributed by atoms with van der Waals surface area (Å²) in [7, 11) is 0. The van der Waals surface area contributed by atoms with Crippen molar-refractivity contribution in [3.63, 3.8) is 0 Å². The highest BCUT2D eigenvalue weighted by molar-refractivity contribution is 5.89. The Morgan fingerprint density at radius 1 is 0.800 bits per heavy atom. The van der Waals surface area contributed by atoms with Crippen molar-refractivity contribution in [2.45, 2.75) is 105 Å². The van der Waals surface area contributed by atoms with E-state index in [-0.39, 0.29) is 18.8 Å². The zero-order valence-corrected chi connectivity index (χ0v) is 27.7. The predicted molar refractivity (Wildman–Crippen MR) is 165 cm³/mol. The first-order valence-corrected chi connectivity index (χ1v) is 15.3. The van der Waals surface area contributed by atoms with Gasteiger partial charge < -0.3 is 23.7 Å². The standard InChI is InChI=1S/C35H46O10/c1-20-15-16-34(8,9)30(42-24(5)37)18-29(41-23(4)36)21(2)17-28-31(44-33(40)27-13-11-10-12-14-27)22(3)19-35(28,45-26(7)39)32(20)43-25(6)38/h10-17,20,22,28-32H,18-19H2,1-9H3. The van der Waals surface area contributed by atoms with Crippen molar-refractivity contribution >= 4 is 29.8 Å². The second-order valence-corrected chi connectivity index (χ2v) is 12.9. The molecule has 0 heterocycles. The third kappa shape index (κ3) is 8.61. The molecule has 1 saturated carbocycles. The summed E-state index contributed by atoms with van der Waals surface area (Å²) in [6, 6.07) is 8.54. The van der Waals surface area contributed by atoms with Gasteiger partial charge in [0.1, 0.15) is 24.4 Å². The van der Waals surface area contributed by atoms with Gasteiger partial charge in [-0.3, -0.25) is 19.2 Å². The van der Waals surface area contributed by atoms with Gasteiger partial charge in [0.2, 0.25) is 0 Å². The van der Waals surface area contributed by atoms with E-state index in [1.165, 1.54) is 27.7 Å². The summed E-state index contributed by atoms with van der Waals surface area (Å²) in [5.41, 5.74) is -1.29. The van der Waals surface area contributed by atoms with Gasteiger partial charge in [-0.15, -0.1) is 0 Å². The third-order valence-corrected chi connectivity index (χ3v) is 8.61. The molecule has 8 unspecified atom stereocenters. The van der Waals surface area contributed by atoms with Crippen LogP contribution in [-0.2, 0) is 42.9 Å². The Bertz CT molecular complexity index is 1330. The van der Waals surface area contributed by atoms with Gasteiger partial charge in [-0.1, -0.05) is 64.1 Å². The maximum atomic E-state index is 13.4. The van der Waals surface area contributed by atoms with Gasteiger partial charge in [0.05, 0.1) is 11.5 Å². The van der Waals surface area contributed by atoms with Gasteiger partial charge in [0.25, 0.3) is 0 Å². The van der Waals surface area contributed by atoms with Gasteiger partial charge in [-0.2, -0.15) is 0 Å². The molecule has 0 aromatic heterocycles. The molecule has 0 aliphatic heterocycles. The van der Waals surface area contributed by atoms with E-state index in [1.807, 2.05) is 39.8 Å². The van der Waals surface area contributed by atoms with Gasteiger partial charge in [-0.25, -0.2) is 4.79 Å². The summed E-state index contributed by atoms with van der Waals surface area (Å²) in [4.78, 5) is 63.4. The fourth-order valence-corrected chi connectivity index (χ4v) is 6.58.